The Labute approximate surface area is 162 Å². The number of benzene rings is 1. The summed E-state index contributed by atoms with van der Waals surface area (Å²) in [4.78, 5) is 23.4. The number of hydrogen-bond donors (Lipinski definition) is 2. The fourth-order valence-electron chi connectivity index (χ4n) is 3.14. The number of aryl methyl sites for hydroxylation is 1. The van der Waals surface area contributed by atoms with Gasteiger partial charge in [-0.1, -0.05) is 18.2 Å². The van der Waals surface area contributed by atoms with Gasteiger partial charge in [0, 0.05) is 37.6 Å². The number of hydrogen-bond acceptors (Lipinski definition) is 7. The number of rotatable bonds is 6. The zero-order valence-corrected chi connectivity index (χ0v) is 15.8. The molecule has 2 N–H and O–H groups in total. The van der Waals surface area contributed by atoms with Crippen molar-refractivity contribution in [1.29, 1.82) is 0 Å². The minimum absolute atomic E-state index is 0.231. The van der Waals surface area contributed by atoms with E-state index in [1.807, 2.05) is 37.3 Å². The van der Waals surface area contributed by atoms with Gasteiger partial charge in [-0.15, -0.1) is 0 Å². The van der Waals surface area contributed by atoms with E-state index in [2.05, 4.69) is 25.5 Å². The van der Waals surface area contributed by atoms with Crippen molar-refractivity contribution in [2.75, 3.05) is 49.6 Å². The van der Waals surface area contributed by atoms with Gasteiger partial charge in [0.2, 0.25) is 0 Å². The van der Waals surface area contributed by atoms with Gasteiger partial charge in [-0.2, -0.15) is 0 Å². The van der Waals surface area contributed by atoms with E-state index in [0.29, 0.717) is 43.5 Å². The molecule has 1 saturated heterocycles. The molecule has 0 radical (unpaired) electrons. The summed E-state index contributed by atoms with van der Waals surface area (Å²) >= 11 is 0. The van der Waals surface area contributed by atoms with Gasteiger partial charge in [0.1, 0.15) is 23.0 Å². The van der Waals surface area contributed by atoms with Gasteiger partial charge in [-0.25, -0.2) is 9.97 Å². The van der Waals surface area contributed by atoms with Gasteiger partial charge in [-0.05, 0) is 19.1 Å². The lowest BCUT2D eigenvalue weighted by atomic mass is 10.2. The Balaban J connectivity index is 1.31. The molecule has 0 saturated carbocycles. The Bertz CT molecular complexity index is 932. The maximum absolute atomic E-state index is 12.3. The number of fused-ring (bicyclic) bond motifs is 1. The average Bonchev–Trinajstić information content (AvgIpc) is 3.16. The molecule has 0 unspecified atom stereocenters. The first-order valence-corrected chi connectivity index (χ1v) is 9.38. The lowest BCUT2D eigenvalue weighted by Gasteiger charge is -2.28. The Kier molecular flexibility index (Phi) is 5.38. The van der Waals surface area contributed by atoms with Crippen molar-refractivity contribution in [3.8, 4) is 0 Å². The molecule has 1 fully saturated rings. The lowest BCUT2D eigenvalue weighted by molar-refractivity contribution is 0.0929. The van der Waals surface area contributed by atoms with Crippen LogP contribution in [0.5, 0.6) is 0 Å². The summed E-state index contributed by atoms with van der Waals surface area (Å²) < 4.78 is 11.0. The van der Waals surface area contributed by atoms with Crippen LogP contribution in [0.1, 0.15) is 16.4 Å². The molecule has 3 heterocycles. The van der Waals surface area contributed by atoms with Crippen LogP contribution in [0.25, 0.3) is 11.0 Å². The van der Waals surface area contributed by atoms with E-state index < -0.39 is 0 Å². The van der Waals surface area contributed by atoms with E-state index in [0.717, 1.165) is 30.1 Å². The zero-order chi connectivity index (χ0) is 19.3. The second kappa shape index (κ2) is 8.26. The summed E-state index contributed by atoms with van der Waals surface area (Å²) in [6.07, 6.45) is 0. The van der Waals surface area contributed by atoms with Gasteiger partial charge in [-0.3, -0.25) is 4.79 Å². The van der Waals surface area contributed by atoms with Crippen LogP contribution in [0.15, 0.2) is 40.8 Å². The Morgan fingerprint density at radius 2 is 1.96 bits per heavy atom. The fourth-order valence-corrected chi connectivity index (χ4v) is 3.14. The van der Waals surface area contributed by atoms with E-state index in [4.69, 9.17) is 9.15 Å². The monoisotopic (exact) mass is 381 g/mol. The molecule has 1 aliphatic rings. The maximum atomic E-state index is 12.3. The molecule has 0 aliphatic carbocycles. The Morgan fingerprint density at radius 3 is 2.79 bits per heavy atom. The summed E-state index contributed by atoms with van der Waals surface area (Å²) in [6, 6.07) is 11.2. The van der Waals surface area contributed by atoms with Crippen LogP contribution in [-0.4, -0.2) is 55.3 Å². The molecule has 1 aliphatic heterocycles. The van der Waals surface area contributed by atoms with E-state index in [-0.39, 0.29) is 5.91 Å². The van der Waals surface area contributed by atoms with Crippen molar-refractivity contribution >= 4 is 28.5 Å². The summed E-state index contributed by atoms with van der Waals surface area (Å²) in [5.74, 6) is 2.42. The largest absolute Gasteiger partial charge is 0.451 e. The van der Waals surface area contributed by atoms with Crippen molar-refractivity contribution in [2.45, 2.75) is 6.92 Å². The molecule has 146 valence electrons. The molecule has 3 aromatic rings. The molecule has 0 atom stereocenters. The highest BCUT2D eigenvalue weighted by atomic mass is 16.5. The van der Waals surface area contributed by atoms with Crippen LogP contribution in [0.4, 0.5) is 11.6 Å². The van der Waals surface area contributed by atoms with Gasteiger partial charge >= 0.3 is 0 Å². The third kappa shape index (κ3) is 4.23. The zero-order valence-electron chi connectivity index (χ0n) is 15.8. The Morgan fingerprint density at radius 1 is 1.14 bits per heavy atom. The minimum atomic E-state index is -0.231. The summed E-state index contributed by atoms with van der Waals surface area (Å²) in [7, 11) is 0. The topological polar surface area (TPSA) is 92.5 Å². The van der Waals surface area contributed by atoms with E-state index >= 15 is 0 Å². The highest BCUT2D eigenvalue weighted by molar-refractivity contribution is 5.96. The first-order valence-electron chi connectivity index (χ1n) is 9.38. The molecule has 8 heteroatoms. The predicted octanol–water partition coefficient (Wildman–Crippen LogP) is 2.21. The molecule has 1 aromatic carbocycles. The number of amides is 1. The number of furan rings is 1. The second-order valence-corrected chi connectivity index (χ2v) is 6.59. The fraction of sp³-hybridized carbons (Fsp3) is 0.350. The predicted molar refractivity (Wildman–Crippen MR) is 107 cm³/mol. The van der Waals surface area contributed by atoms with E-state index in [1.54, 1.807) is 6.07 Å². The third-order valence-electron chi connectivity index (χ3n) is 4.53. The number of anilines is 2. The Hall–Kier alpha value is -3.13. The SMILES string of the molecule is Cc1nc(NCCNC(=O)c2cc3ccccc3o2)cc(N2CCOCC2)n1. The summed E-state index contributed by atoms with van der Waals surface area (Å²) in [5.41, 5.74) is 0.706. The average molecular weight is 381 g/mol. The van der Waals surface area contributed by atoms with Gasteiger partial charge in [0.25, 0.3) is 5.91 Å². The number of nitrogens with zero attached hydrogens (tertiary/aromatic N) is 3. The quantitative estimate of drug-likeness (QED) is 0.633. The number of ether oxygens (including phenoxy) is 1. The molecule has 1 amide bonds. The third-order valence-corrected chi connectivity index (χ3v) is 4.53. The highest BCUT2D eigenvalue weighted by Gasteiger charge is 2.14. The summed E-state index contributed by atoms with van der Waals surface area (Å²) in [5, 5.41) is 7.02. The summed E-state index contributed by atoms with van der Waals surface area (Å²) in [6.45, 7) is 5.93. The van der Waals surface area contributed by atoms with Crippen LogP contribution < -0.4 is 15.5 Å². The standard InChI is InChI=1S/C20H23N5O3/c1-14-23-18(13-19(24-14)25-8-10-27-11-9-25)21-6-7-22-20(26)17-12-15-4-2-3-5-16(15)28-17/h2-5,12-13H,6-11H2,1H3,(H,22,26)(H,21,23,24). The maximum Gasteiger partial charge on any atom is 0.287 e. The first-order chi connectivity index (χ1) is 13.7. The van der Waals surface area contributed by atoms with Crippen molar-refractivity contribution in [1.82, 2.24) is 15.3 Å². The van der Waals surface area contributed by atoms with Crippen molar-refractivity contribution < 1.29 is 13.9 Å². The minimum Gasteiger partial charge on any atom is -0.451 e. The second-order valence-electron chi connectivity index (χ2n) is 6.59. The first kappa shape index (κ1) is 18.2. The normalized spacial score (nSPS) is 14.2. The smallest absolute Gasteiger partial charge is 0.287 e. The highest BCUT2D eigenvalue weighted by Crippen LogP contribution is 2.19. The molecule has 8 nitrogen and oxygen atoms in total. The van der Waals surface area contributed by atoms with Crippen LogP contribution in [0.2, 0.25) is 0 Å². The lowest BCUT2D eigenvalue weighted by Crippen LogP contribution is -2.37. The van der Waals surface area contributed by atoms with Crippen molar-refractivity contribution in [3.05, 3.63) is 48.0 Å². The van der Waals surface area contributed by atoms with Crippen LogP contribution in [0.3, 0.4) is 0 Å². The molecule has 0 spiro atoms. The van der Waals surface area contributed by atoms with Crippen LogP contribution >= 0.6 is 0 Å². The van der Waals surface area contributed by atoms with Crippen molar-refractivity contribution in [3.63, 3.8) is 0 Å². The number of carbonyl (C=O) groups is 1. The van der Waals surface area contributed by atoms with Crippen molar-refractivity contribution in [2.24, 2.45) is 0 Å². The number of aromatic nitrogens is 2. The number of para-hydroxylation sites is 1. The number of morpholine rings is 1. The van der Waals surface area contributed by atoms with Gasteiger partial charge in [0.15, 0.2) is 5.76 Å². The molecular weight excluding hydrogens is 358 g/mol. The number of carbonyl (C=O) groups excluding carboxylic acids is 1. The molecule has 0 bridgehead atoms. The van der Waals surface area contributed by atoms with Gasteiger partial charge in [0.05, 0.1) is 13.2 Å². The van der Waals surface area contributed by atoms with Crippen LogP contribution in [0, 0.1) is 6.92 Å². The molecular formula is C20H23N5O3. The number of nitrogens with one attached hydrogen (secondary N) is 2. The van der Waals surface area contributed by atoms with E-state index in [9.17, 15) is 4.79 Å². The molecule has 4 rings (SSSR count). The van der Waals surface area contributed by atoms with E-state index in [1.165, 1.54) is 0 Å². The van der Waals surface area contributed by atoms with Crippen LogP contribution in [-0.2, 0) is 4.74 Å². The molecule has 28 heavy (non-hydrogen) atoms. The molecule has 2 aromatic heterocycles. The van der Waals surface area contributed by atoms with Gasteiger partial charge < -0.3 is 24.7 Å².